The lowest BCUT2D eigenvalue weighted by Crippen LogP contribution is -2.30. The average molecular weight is 194 g/mol. The van der Waals surface area contributed by atoms with Crippen molar-refractivity contribution in [3.05, 3.63) is 29.8 Å². The van der Waals surface area contributed by atoms with Crippen LogP contribution in [0.25, 0.3) is 0 Å². The molecule has 0 aliphatic carbocycles. The van der Waals surface area contributed by atoms with E-state index in [9.17, 15) is 5.11 Å². The van der Waals surface area contributed by atoms with E-state index in [1.807, 2.05) is 45.0 Å². The van der Waals surface area contributed by atoms with Gasteiger partial charge in [-0.05, 0) is 24.6 Å². The third-order valence-corrected chi connectivity index (χ3v) is 2.88. The Morgan fingerprint density at radius 1 is 1.21 bits per heavy atom. The standard InChI is InChI=1S/C12H18O2/c1-9(13)12(2,3)10-5-7-11(14-4)8-6-10/h5-9,13H,1-4H3. The summed E-state index contributed by atoms with van der Waals surface area (Å²) in [5, 5.41) is 9.63. The summed E-state index contributed by atoms with van der Waals surface area (Å²) in [6.45, 7) is 5.86. The maximum atomic E-state index is 9.63. The molecule has 78 valence electrons. The predicted molar refractivity (Wildman–Crippen MR) is 57.7 cm³/mol. The van der Waals surface area contributed by atoms with Gasteiger partial charge in [-0.15, -0.1) is 0 Å². The van der Waals surface area contributed by atoms with E-state index >= 15 is 0 Å². The van der Waals surface area contributed by atoms with E-state index in [0.717, 1.165) is 11.3 Å². The van der Waals surface area contributed by atoms with Gasteiger partial charge < -0.3 is 9.84 Å². The van der Waals surface area contributed by atoms with Crippen LogP contribution in [-0.2, 0) is 5.41 Å². The summed E-state index contributed by atoms with van der Waals surface area (Å²) in [7, 11) is 1.65. The highest BCUT2D eigenvalue weighted by Gasteiger charge is 2.25. The number of benzene rings is 1. The van der Waals surface area contributed by atoms with Gasteiger partial charge in [-0.2, -0.15) is 0 Å². The zero-order valence-corrected chi connectivity index (χ0v) is 9.24. The van der Waals surface area contributed by atoms with Crippen LogP contribution in [0.15, 0.2) is 24.3 Å². The number of hydrogen-bond donors (Lipinski definition) is 1. The lowest BCUT2D eigenvalue weighted by molar-refractivity contribution is 0.118. The number of aliphatic hydroxyl groups is 1. The summed E-state index contributed by atoms with van der Waals surface area (Å²) in [4.78, 5) is 0. The Kier molecular flexibility index (Phi) is 3.17. The fourth-order valence-electron chi connectivity index (χ4n) is 1.26. The molecule has 0 spiro atoms. The van der Waals surface area contributed by atoms with Crippen molar-refractivity contribution < 1.29 is 9.84 Å². The summed E-state index contributed by atoms with van der Waals surface area (Å²) < 4.78 is 5.08. The average Bonchev–Trinajstić information content (AvgIpc) is 2.17. The summed E-state index contributed by atoms with van der Waals surface area (Å²) in [6.07, 6.45) is -0.365. The van der Waals surface area contributed by atoms with Gasteiger partial charge in [-0.3, -0.25) is 0 Å². The normalized spacial score (nSPS) is 13.8. The van der Waals surface area contributed by atoms with Crippen molar-refractivity contribution in [3.63, 3.8) is 0 Å². The van der Waals surface area contributed by atoms with Crippen molar-refractivity contribution >= 4 is 0 Å². The van der Waals surface area contributed by atoms with Crippen LogP contribution < -0.4 is 4.74 Å². The summed E-state index contributed by atoms with van der Waals surface area (Å²) in [5.41, 5.74) is 0.903. The zero-order valence-electron chi connectivity index (χ0n) is 9.24. The van der Waals surface area contributed by atoms with E-state index in [-0.39, 0.29) is 11.5 Å². The Balaban J connectivity index is 2.97. The highest BCUT2D eigenvalue weighted by atomic mass is 16.5. The second-order valence-corrected chi connectivity index (χ2v) is 4.13. The SMILES string of the molecule is COc1ccc(C(C)(C)C(C)O)cc1. The molecule has 0 aliphatic heterocycles. The second kappa shape index (κ2) is 4.01. The molecule has 1 atom stereocenters. The molecule has 0 bridgehead atoms. The maximum Gasteiger partial charge on any atom is 0.118 e. The first-order chi connectivity index (χ1) is 6.48. The van der Waals surface area contributed by atoms with Gasteiger partial charge in [0.2, 0.25) is 0 Å². The zero-order chi connectivity index (χ0) is 10.8. The fraction of sp³-hybridized carbons (Fsp3) is 0.500. The Hall–Kier alpha value is -1.02. The first kappa shape index (κ1) is 11.1. The molecular weight excluding hydrogens is 176 g/mol. The van der Waals surface area contributed by atoms with Crippen LogP contribution in [0.2, 0.25) is 0 Å². The molecule has 0 saturated heterocycles. The highest BCUT2D eigenvalue weighted by Crippen LogP contribution is 2.28. The molecule has 2 heteroatoms. The second-order valence-electron chi connectivity index (χ2n) is 4.13. The molecule has 0 saturated carbocycles. The van der Waals surface area contributed by atoms with Gasteiger partial charge in [0.25, 0.3) is 0 Å². The first-order valence-corrected chi connectivity index (χ1v) is 4.81. The van der Waals surface area contributed by atoms with Gasteiger partial charge in [-0.25, -0.2) is 0 Å². The molecule has 1 unspecified atom stereocenters. The van der Waals surface area contributed by atoms with Crippen LogP contribution in [0.5, 0.6) is 5.75 Å². The number of aliphatic hydroxyl groups excluding tert-OH is 1. The van der Waals surface area contributed by atoms with Gasteiger partial charge in [0, 0.05) is 5.41 Å². The smallest absolute Gasteiger partial charge is 0.118 e. The van der Waals surface area contributed by atoms with E-state index in [1.165, 1.54) is 0 Å². The molecule has 1 aromatic carbocycles. The molecule has 0 aliphatic rings. The molecule has 0 fully saturated rings. The molecule has 1 N–H and O–H groups in total. The lowest BCUT2D eigenvalue weighted by Gasteiger charge is -2.28. The molecule has 0 aromatic heterocycles. The number of rotatable bonds is 3. The Morgan fingerprint density at radius 2 is 1.71 bits per heavy atom. The molecular formula is C12H18O2. The molecule has 1 rings (SSSR count). The quantitative estimate of drug-likeness (QED) is 0.800. The lowest BCUT2D eigenvalue weighted by atomic mass is 9.80. The first-order valence-electron chi connectivity index (χ1n) is 4.81. The molecule has 0 amide bonds. The van der Waals surface area contributed by atoms with Gasteiger partial charge in [0.1, 0.15) is 5.75 Å². The van der Waals surface area contributed by atoms with Crippen molar-refractivity contribution in [3.8, 4) is 5.75 Å². The Bertz CT molecular complexity index is 286. The van der Waals surface area contributed by atoms with Crippen molar-refractivity contribution in [2.24, 2.45) is 0 Å². The van der Waals surface area contributed by atoms with Crippen LogP contribution in [0.1, 0.15) is 26.3 Å². The minimum Gasteiger partial charge on any atom is -0.497 e. The molecule has 0 heterocycles. The van der Waals surface area contributed by atoms with Crippen LogP contribution in [-0.4, -0.2) is 18.3 Å². The molecule has 0 radical (unpaired) electrons. The molecule has 14 heavy (non-hydrogen) atoms. The molecule has 2 nitrogen and oxygen atoms in total. The maximum absolute atomic E-state index is 9.63. The Morgan fingerprint density at radius 3 is 2.07 bits per heavy atom. The molecule has 1 aromatic rings. The van der Waals surface area contributed by atoms with E-state index in [0.29, 0.717) is 0 Å². The minimum absolute atomic E-state index is 0.216. The van der Waals surface area contributed by atoms with Crippen molar-refractivity contribution in [2.75, 3.05) is 7.11 Å². The third-order valence-electron chi connectivity index (χ3n) is 2.88. The van der Waals surface area contributed by atoms with Gasteiger partial charge in [0.15, 0.2) is 0 Å². The van der Waals surface area contributed by atoms with E-state index in [1.54, 1.807) is 7.11 Å². The summed E-state index contributed by atoms with van der Waals surface area (Å²) in [6, 6.07) is 7.82. The van der Waals surface area contributed by atoms with Crippen LogP contribution in [0, 0.1) is 0 Å². The number of hydrogen-bond acceptors (Lipinski definition) is 2. The van der Waals surface area contributed by atoms with Crippen molar-refractivity contribution in [2.45, 2.75) is 32.3 Å². The summed E-state index contributed by atoms with van der Waals surface area (Å²) in [5.74, 6) is 0.843. The largest absolute Gasteiger partial charge is 0.497 e. The van der Waals surface area contributed by atoms with E-state index in [2.05, 4.69) is 0 Å². The van der Waals surface area contributed by atoms with Crippen LogP contribution >= 0.6 is 0 Å². The fourth-order valence-corrected chi connectivity index (χ4v) is 1.26. The van der Waals surface area contributed by atoms with Gasteiger partial charge >= 0.3 is 0 Å². The topological polar surface area (TPSA) is 29.5 Å². The van der Waals surface area contributed by atoms with Crippen LogP contribution in [0.4, 0.5) is 0 Å². The van der Waals surface area contributed by atoms with Gasteiger partial charge in [-0.1, -0.05) is 26.0 Å². The number of ether oxygens (including phenoxy) is 1. The summed E-state index contributed by atoms with van der Waals surface area (Å²) >= 11 is 0. The van der Waals surface area contributed by atoms with E-state index in [4.69, 9.17) is 4.74 Å². The number of methoxy groups -OCH3 is 1. The Labute approximate surface area is 85.5 Å². The van der Waals surface area contributed by atoms with E-state index < -0.39 is 0 Å². The van der Waals surface area contributed by atoms with Crippen molar-refractivity contribution in [1.82, 2.24) is 0 Å². The van der Waals surface area contributed by atoms with Crippen molar-refractivity contribution in [1.29, 1.82) is 0 Å². The third kappa shape index (κ3) is 2.07. The van der Waals surface area contributed by atoms with Crippen LogP contribution in [0.3, 0.4) is 0 Å². The predicted octanol–water partition coefficient (Wildman–Crippen LogP) is 2.35. The van der Waals surface area contributed by atoms with Gasteiger partial charge in [0.05, 0.1) is 13.2 Å². The monoisotopic (exact) mass is 194 g/mol. The minimum atomic E-state index is -0.365. The highest BCUT2D eigenvalue weighted by molar-refractivity contribution is 5.32.